The second-order valence-electron chi connectivity index (χ2n) is 4.23. The van der Waals surface area contributed by atoms with Crippen LogP contribution in [0, 0.1) is 0 Å². The smallest absolute Gasteiger partial charge is 0.200 e. The maximum Gasteiger partial charge on any atom is 0.200 e. The summed E-state index contributed by atoms with van der Waals surface area (Å²) in [5, 5.41) is 9.82. The molecule has 0 saturated carbocycles. The number of methoxy groups -OCH3 is 2. The van der Waals surface area contributed by atoms with Crippen LogP contribution >= 0.6 is 0 Å². The molecule has 104 valence electrons. The van der Waals surface area contributed by atoms with Crippen molar-refractivity contribution in [3.63, 3.8) is 0 Å². The zero-order chi connectivity index (χ0) is 14.4. The first-order valence-corrected chi connectivity index (χ1v) is 6.23. The topological polar surface area (TPSA) is 51.0 Å². The van der Waals surface area contributed by atoms with E-state index in [0.717, 1.165) is 11.1 Å². The van der Waals surface area contributed by atoms with Crippen molar-refractivity contribution in [1.29, 1.82) is 0 Å². The Labute approximate surface area is 118 Å². The van der Waals surface area contributed by atoms with Crippen LogP contribution in [0.4, 0.5) is 0 Å². The van der Waals surface area contributed by atoms with Gasteiger partial charge >= 0.3 is 0 Å². The highest BCUT2D eigenvalue weighted by Gasteiger charge is 2.09. The van der Waals surface area contributed by atoms with Crippen LogP contribution < -0.4 is 9.47 Å². The van der Waals surface area contributed by atoms with E-state index in [0.29, 0.717) is 18.0 Å². The van der Waals surface area contributed by atoms with E-state index in [4.69, 9.17) is 9.47 Å². The summed E-state index contributed by atoms with van der Waals surface area (Å²) < 4.78 is 10.2. The zero-order valence-electron chi connectivity index (χ0n) is 11.5. The molecule has 0 aliphatic carbocycles. The minimum absolute atomic E-state index is 0.00444. The monoisotopic (exact) mass is 271 g/mol. The Morgan fingerprint density at radius 1 is 1.05 bits per heavy atom. The van der Waals surface area contributed by atoms with Crippen LogP contribution in [0.2, 0.25) is 0 Å². The normalized spacial score (nSPS) is 10.7. The fourth-order valence-corrected chi connectivity index (χ4v) is 1.83. The lowest BCUT2D eigenvalue weighted by atomic mass is 10.2. The predicted octanol–water partition coefficient (Wildman–Crippen LogP) is 3.03. The molecule has 0 spiro atoms. The third kappa shape index (κ3) is 3.29. The number of rotatable bonds is 5. The SMILES string of the molecule is COc1cc(C=NCc2ccccc2)cc(OC)c1O. The number of hydrogen-bond acceptors (Lipinski definition) is 4. The van der Waals surface area contributed by atoms with Crippen LogP contribution in [-0.2, 0) is 6.54 Å². The highest BCUT2D eigenvalue weighted by atomic mass is 16.5. The molecule has 1 N–H and O–H groups in total. The van der Waals surface area contributed by atoms with Crippen molar-refractivity contribution >= 4 is 6.21 Å². The molecule has 0 saturated heterocycles. The maximum atomic E-state index is 9.82. The third-order valence-corrected chi connectivity index (χ3v) is 2.86. The van der Waals surface area contributed by atoms with Crippen LogP contribution in [0.25, 0.3) is 0 Å². The molecule has 2 aromatic rings. The second kappa shape index (κ2) is 6.61. The van der Waals surface area contributed by atoms with Crippen molar-refractivity contribution in [2.75, 3.05) is 14.2 Å². The lowest BCUT2D eigenvalue weighted by Gasteiger charge is -2.09. The van der Waals surface area contributed by atoms with Crippen LogP contribution in [-0.4, -0.2) is 25.5 Å². The first kappa shape index (κ1) is 13.9. The van der Waals surface area contributed by atoms with E-state index >= 15 is 0 Å². The molecule has 0 heterocycles. The summed E-state index contributed by atoms with van der Waals surface area (Å²) in [4.78, 5) is 4.37. The number of aliphatic imine (C=N–C) groups is 1. The van der Waals surface area contributed by atoms with Gasteiger partial charge in [-0.25, -0.2) is 0 Å². The largest absolute Gasteiger partial charge is 0.502 e. The van der Waals surface area contributed by atoms with E-state index < -0.39 is 0 Å². The van der Waals surface area contributed by atoms with Gasteiger partial charge in [-0.3, -0.25) is 4.99 Å². The molecule has 0 aromatic heterocycles. The molecule has 0 unspecified atom stereocenters. The van der Waals surface area contributed by atoms with Gasteiger partial charge in [-0.15, -0.1) is 0 Å². The molecule has 0 aliphatic heterocycles. The number of benzene rings is 2. The summed E-state index contributed by atoms with van der Waals surface area (Å²) in [5.74, 6) is 0.728. The quantitative estimate of drug-likeness (QED) is 0.850. The molecular weight excluding hydrogens is 254 g/mol. The van der Waals surface area contributed by atoms with Crippen molar-refractivity contribution in [3.05, 3.63) is 53.6 Å². The Morgan fingerprint density at radius 3 is 2.20 bits per heavy atom. The third-order valence-electron chi connectivity index (χ3n) is 2.86. The Kier molecular flexibility index (Phi) is 4.60. The average molecular weight is 271 g/mol. The molecule has 0 radical (unpaired) electrons. The first-order valence-electron chi connectivity index (χ1n) is 6.23. The van der Waals surface area contributed by atoms with Crippen molar-refractivity contribution < 1.29 is 14.6 Å². The maximum absolute atomic E-state index is 9.82. The van der Waals surface area contributed by atoms with Gasteiger partial charge in [0.25, 0.3) is 0 Å². The Hall–Kier alpha value is -2.49. The van der Waals surface area contributed by atoms with Crippen molar-refractivity contribution in [1.82, 2.24) is 0 Å². The van der Waals surface area contributed by atoms with Crippen molar-refractivity contribution in [3.8, 4) is 17.2 Å². The van der Waals surface area contributed by atoms with Crippen LogP contribution in [0.15, 0.2) is 47.5 Å². The van der Waals surface area contributed by atoms with E-state index in [1.54, 1.807) is 18.3 Å². The van der Waals surface area contributed by atoms with E-state index in [1.165, 1.54) is 14.2 Å². The summed E-state index contributed by atoms with van der Waals surface area (Å²) in [6, 6.07) is 13.4. The van der Waals surface area contributed by atoms with E-state index in [9.17, 15) is 5.11 Å². The fourth-order valence-electron chi connectivity index (χ4n) is 1.83. The highest BCUT2D eigenvalue weighted by molar-refractivity contribution is 5.82. The fraction of sp³-hybridized carbons (Fsp3) is 0.188. The van der Waals surface area contributed by atoms with Gasteiger partial charge in [0, 0.05) is 6.21 Å². The summed E-state index contributed by atoms with van der Waals surface area (Å²) in [5.41, 5.74) is 1.95. The molecule has 0 amide bonds. The minimum atomic E-state index is -0.00444. The molecular formula is C16H17NO3. The van der Waals surface area contributed by atoms with Gasteiger partial charge in [-0.2, -0.15) is 0 Å². The lowest BCUT2D eigenvalue weighted by Crippen LogP contribution is -1.92. The van der Waals surface area contributed by atoms with Gasteiger partial charge in [0.15, 0.2) is 11.5 Å². The lowest BCUT2D eigenvalue weighted by molar-refractivity contribution is 0.340. The number of aromatic hydroxyl groups is 1. The number of ether oxygens (including phenoxy) is 2. The first-order chi connectivity index (χ1) is 9.74. The molecule has 0 fully saturated rings. The number of phenols is 1. The zero-order valence-corrected chi connectivity index (χ0v) is 11.5. The van der Waals surface area contributed by atoms with Gasteiger partial charge in [-0.1, -0.05) is 30.3 Å². The van der Waals surface area contributed by atoms with E-state index in [2.05, 4.69) is 4.99 Å². The summed E-state index contributed by atoms with van der Waals surface area (Å²) >= 11 is 0. The number of nitrogens with zero attached hydrogens (tertiary/aromatic N) is 1. The number of phenolic OH excluding ortho intramolecular Hbond substituents is 1. The van der Waals surface area contributed by atoms with Crippen LogP contribution in [0.5, 0.6) is 17.2 Å². The Bertz CT molecular complexity index is 569. The van der Waals surface area contributed by atoms with Gasteiger partial charge in [-0.05, 0) is 23.3 Å². The Balaban J connectivity index is 2.16. The highest BCUT2D eigenvalue weighted by Crippen LogP contribution is 2.36. The molecule has 2 aromatic carbocycles. The minimum Gasteiger partial charge on any atom is -0.502 e. The average Bonchev–Trinajstić information content (AvgIpc) is 2.49. The molecule has 4 nitrogen and oxygen atoms in total. The Morgan fingerprint density at radius 2 is 1.65 bits per heavy atom. The summed E-state index contributed by atoms with van der Waals surface area (Å²) in [6.07, 6.45) is 1.73. The molecule has 0 atom stereocenters. The molecule has 20 heavy (non-hydrogen) atoms. The summed E-state index contributed by atoms with van der Waals surface area (Å²) in [6.45, 7) is 0.604. The van der Waals surface area contributed by atoms with Gasteiger partial charge < -0.3 is 14.6 Å². The van der Waals surface area contributed by atoms with E-state index in [-0.39, 0.29) is 5.75 Å². The van der Waals surface area contributed by atoms with Crippen LogP contribution in [0.3, 0.4) is 0 Å². The molecule has 0 aliphatic rings. The molecule has 4 heteroatoms. The van der Waals surface area contributed by atoms with Crippen molar-refractivity contribution in [2.24, 2.45) is 4.99 Å². The summed E-state index contributed by atoms with van der Waals surface area (Å²) in [7, 11) is 3.00. The number of hydrogen-bond donors (Lipinski definition) is 1. The van der Waals surface area contributed by atoms with Gasteiger partial charge in [0.2, 0.25) is 5.75 Å². The van der Waals surface area contributed by atoms with Crippen molar-refractivity contribution in [2.45, 2.75) is 6.54 Å². The molecule has 0 bridgehead atoms. The van der Waals surface area contributed by atoms with Gasteiger partial charge in [0.1, 0.15) is 0 Å². The molecule has 2 rings (SSSR count). The van der Waals surface area contributed by atoms with E-state index in [1.807, 2.05) is 30.3 Å². The van der Waals surface area contributed by atoms with Gasteiger partial charge in [0.05, 0.1) is 20.8 Å². The predicted molar refractivity (Wildman–Crippen MR) is 79.0 cm³/mol. The second-order valence-corrected chi connectivity index (χ2v) is 4.23. The van der Waals surface area contributed by atoms with Crippen LogP contribution in [0.1, 0.15) is 11.1 Å². The standard InChI is InChI=1S/C16H17NO3/c1-19-14-8-13(9-15(20-2)16(14)18)11-17-10-12-6-4-3-5-7-12/h3-9,11,18H,10H2,1-2H3.